The van der Waals surface area contributed by atoms with Gasteiger partial charge in [-0.25, -0.2) is 0 Å². The third kappa shape index (κ3) is 1.39. The highest BCUT2D eigenvalue weighted by molar-refractivity contribution is 4.93. The Labute approximate surface area is 76.1 Å². The van der Waals surface area contributed by atoms with Crippen molar-refractivity contribution in [3.05, 3.63) is 0 Å². The van der Waals surface area contributed by atoms with Crippen molar-refractivity contribution in [2.24, 2.45) is 5.41 Å². The van der Waals surface area contributed by atoms with Crippen LogP contribution in [0.5, 0.6) is 0 Å². The molecule has 0 atom stereocenters. The summed E-state index contributed by atoms with van der Waals surface area (Å²) in [5, 5.41) is 0. The number of likely N-dealkylation sites (tertiary alicyclic amines) is 1. The van der Waals surface area contributed by atoms with Crippen molar-refractivity contribution in [2.45, 2.75) is 52.0 Å². The lowest BCUT2D eigenvalue weighted by Crippen LogP contribution is -2.30. The van der Waals surface area contributed by atoms with E-state index in [4.69, 9.17) is 0 Å². The summed E-state index contributed by atoms with van der Waals surface area (Å²) in [7, 11) is 0. The number of hydrogen-bond acceptors (Lipinski definition) is 1. The summed E-state index contributed by atoms with van der Waals surface area (Å²) in [5.41, 5.74) is 0.768. The molecule has 2 fully saturated rings. The maximum Gasteiger partial charge on any atom is 0.00412 e. The van der Waals surface area contributed by atoms with Gasteiger partial charge in [-0.1, -0.05) is 12.8 Å². The first-order valence-electron chi connectivity index (χ1n) is 5.46. The molecule has 1 aliphatic heterocycles. The smallest absolute Gasteiger partial charge is 0.00412 e. The molecule has 2 aliphatic rings. The van der Waals surface area contributed by atoms with Crippen molar-refractivity contribution in [2.75, 3.05) is 13.1 Å². The van der Waals surface area contributed by atoms with Gasteiger partial charge < -0.3 is 4.90 Å². The van der Waals surface area contributed by atoms with Gasteiger partial charge in [-0.3, -0.25) is 0 Å². The predicted molar refractivity (Wildman–Crippen MR) is 52.2 cm³/mol. The average Bonchev–Trinajstić information content (AvgIpc) is 2.62. The Hall–Kier alpha value is -0.0400. The fourth-order valence-corrected chi connectivity index (χ4v) is 2.94. The molecule has 2 rings (SSSR count). The van der Waals surface area contributed by atoms with Crippen LogP contribution in [0.1, 0.15) is 46.0 Å². The van der Waals surface area contributed by atoms with Crippen molar-refractivity contribution < 1.29 is 0 Å². The Bertz CT molecular complexity index is 156. The Kier molecular flexibility index (Phi) is 2.16. The number of hydrogen-bond donors (Lipinski definition) is 0. The molecular formula is C11H21N. The van der Waals surface area contributed by atoms with Crippen LogP contribution in [0.2, 0.25) is 0 Å². The molecule has 1 heterocycles. The van der Waals surface area contributed by atoms with Crippen molar-refractivity contribution in [1.82, 2.24) is 4.90 Å². The SMILES string of the molecule is CC(C)N1CCC2(CCCC2)C1. The lowest BCUT2D eigenvalue weighted by molar-refractivity contribution is 0.225. The maximum atomic E-state index is 2.66. The molecule has 0 aromatic rings. The molecule has 0 amide bonds. The van der Waals surface area contributed by atoms with Gasteiger partial charge in [-0.2, -0.15) is 0 Å². The number of rotatable bonds is 1. The highest BCUT2D eigenvalue weighted by Crippen LogP contribution is 2.45. The average molecular weight is 167 g/mol. The molecule has 70 valence electrons. The molecule has 12 heavy (non-hydrogen) atoms. The zero-order valence-electron chi connectivity index (χ0n) is 8.47. The second-order valence-electron chi connectivity index (χ2n) is 5.02. The fraction of sp³-hybridized carbons (Fsp3) is 1.00. The molecule has 0 aromatic carbocycles. The second-order valence-corrected chi connectivity index (χ2v) is 5.02. The maximum absolute atomic E-state index is 2.66. The van der Waals surface area contributed by atoms with E-state index in [1.54, 1.807) is 0 Å². The van der Waals surface area contributed by atoms with Gasteiger partial charge in [0.25, 0.3) is 0 Å². The molecule has 1 spiro atoms. The monoisotopic (exact) mass is 167 g/mol. The Balaban J connectivity index is 1.96. The molecule has 1 saturated heterocycles. The quantitative estimate of drug-likeness (QED) is 0.580. The van der Waals surface area contributed by atoms with E-state index >= 15 is 0 Å². The third-order valence-corrected chi connectivity index (χ3v) is 3.86. The first-order valence-corrected chi connectivity index (χ1v) is 5.46. The van der Waals surface area contributed by atoms with Gasteiger partial charge in [0.15, 0.2) is 0 Å². The van der Waals surface area contributed by atoms with Gasteiger partial charge in [0, 0.05) is 12.6 Å². The van der Waals surface area contributed by atoms with Crippen molar-refractivity contribution in [3.8, 4) is 0 Å². The zero-order valence-corrected chi connectivity index (χ0v) is 8.47. The summed E-state index contributed by atoms with van der Waals surface area (Å²) in [6, 6.07) is 0.768. The largest absolute Gasteiger partial charge is 0.300 e. The van der Waals surface area contributed by atoms with Crippen LogP contribution in [0.4, 0.5) is 0 Å². The van der Waals surface area contributed by atoms with E-state index < -0.39 is 0 Å². The molecule has 0 N–H and O–H groups in total. The fourth-order valence-electron chi connectivity index (χ4n) is 2.94. The van der Waals surface area contributed by atoms with Crippen LogP contribution in [-0.2, 0) is 0 Å². The topological polar surface area (TPSA) is 3.24 Å². The van der Waals surface area contributed by atoms with Gasteiger partial charge >= 0.3 is 0 Å². The predicted octanol–water partition coefficient (Wildman–Crippen LogP) is 2.66. The normalized spacial score (nSPS) is 29.2. The zero-order chi connectivity index (χ0) is 8.60. The minimum atomic E-state index is 0.768. The summed E-state index contributed by atoms with van der Waals surface area (Å²) in [6.07, 6.45) is 7.48. The van der Waals surface area contributed by atoms with E-state index in [9.17, 15) is 0 Å². The highest BCUT2D eigenvalue weighted by atomic mass is 15.2. The van der Waals surface area contributed by atoms with E-state index in [2.05, 4.69) is 18.7 Å². The van der Waals surface area contributed by atoms with E-state index in [1.165, 1.54) is 45.2 Å². The molecule has 0 radical (unpaired) electrons. The Morgan fingerprint density at radius 2 is 1.75 bits per heavy atom. The summed E-state index contributed by atoms with van der Waals surface area (Å²) in [6.45, 7) is 7.41. The number of nitrogens with zero attached hydrogens (tertiary/aromatic N) is 1. The van der Waals surface area contributed by atoms with Gasteiger partial charge in [0.05, 0.1) is 0 Å². The minimum absolute atomic E-state index is 0.768. The molecule has 1 saturated carbocycles. The molecule has 0 unspecified atom stereocenters. The summed E-state index contributed by atoms with van der Waals surface area (Å²) >= 11 is 0. The molecule has 1 aliphatic carbocycles. The van der Waals surface area contributed by atoms with Crippen molar-refractivity contribution >= 4 is 0 Å². The minimum Gasteiger partial charge on any atom is -0.300 e. The highest BCUT2D eigenvalue weighted by Gasteiger charge is 2.40. The first kappa shape index (κ1) is 8.55. The van der Waals surface area contributed by atoms with E-state index in [0.717, 1.165) is 11.5 Å². The van der Waals surface area contributed by atoms with Crippen LogP contribution in [-0.4, -0.2) is 24.0 Å². The van der Waals surface area contributed by atoms with Gasteiger partial charge in [0.1, 0.15) is 0 Å². The first-order chi connectivity index (χ1) is 5.72. The van der Waals surface area contributed by atoms with Crippen LogP contribution in [0.3, 0.4) is 0 Å². The van der Waals surface area contributed by atoms with Crippen molar-refractivity contribution in [1.29, 1.82) is 0 Å². The van der Waals surface area contributed by atoms with Crippen LogP contribution < -0.4 is 0 Å². The van der Waals surface area contributed by atoms with E-state index in [-0.39, 0.29) is 0 Å². The van der Waals surface area contributed by atoms with Crippen LogP contribution in [0, 0.1) is 5.41 Å². The molecular weight excluding hydrogens is 146 g/mol. The summed E-state index contributed by atoms with van der Waals surface area (Å²) in [5.74, 6) is 0. The molecule has 1 heteroatoms. The second kappa shape index (κ2) is 3.02. The standard InChI is InChI=1S/C11H21N/c1-10(2)12-8-7-11(9-12)5-3-4-6-11/h10H,3-9H2,1-2H3. The third-order valence-electron chi connectivity index (χ3n) is 3.86. The summed E-state index contributed by atoms with van der Waals surface area (Å²) in [4.78, 5) is 2.66. The lowest BCUT2D eigenvalue weighted by atomic mass is 9.86. The molecule has 0 bridgehead atoms. The van der Waals surface area contributed by atoms with E-state index in [1.807, 2.05) is 0 Å². The Morgan fingerprint density at radius 3 is 2.25 bits per heavy atom. The lowest BCUT2D eigenvalue weighted by Gasteiger charge is -2.25. The van der Waals surface area contributed by atoms with Gasteiger partial charge in [-0.15, -0.1) is 0 Å². The van der Waals surface area contributed by atoms with Crippen LogP contribution in [0.25, 0.3) is 0 Å². The van der Waals surface area contributed by atoms with Crippen LogP contribution >= 0.6 is 0 Å². The van der Waals surface area contributed by atoms with E-state index in [0.29, 0.717) is 0 Å². The van der Waals surface area contributed by atoms with Crippen molar-refractivity contribution in [3.63, 3.8) is 0 Å². The van der Waals surface area contributed by atoms with Gasteiger partial charge in [0.2, 0.25) is 0 Å². The summed E-state index contributed by atoms with van der Waals surface area (Å²) < 4.78 is 0. The van der Waals surface area contributed by atoms with Crippen LogP contribution in [0.15, 0.2) is 0 Å². The van der Waals surface area contributed by atoms with Gasteiger partial charge in [-0.05, 0) is 45.1 Å². The Morgan fingerprint density at radius 1 is 1.08 bits per heavy atom. The molecule has 1 nitrogen and oxygen atoms in total. The molecule has 0 aromatic heterocycles.